The number of benzene rings is 1. The van der Waals surface area contributed by atoms with Crippen molar-refractivity contribution < 1.29 is 37.0 Å². The lowest BCUT2D eigenvalue weighted by Crippen LogP contribution is -2.21. The first kappa shape index (κ1) is 22.0. The quantitative estimate of drug-likeness (QED) is 0.707. The number of aryl methyl sites for hydroxylation is 1. The molecule has 1 aromatic heterocycles. The third kappa shape index (κ3) is 5.37. The number of ether oxygens (including phenoxy) is 2. The van der Waals surface area contributed by atoms with E-state index in [1.807, 2.05) is 0 Å². The van der Waals surface area contributed by atoms with E-state index in [1.165, 1.54) is 6.92 Å². The van der Waals surface area contributed by atoms with Crippen LogP contribution in [0, 0.1) is 13.8 Å². The van der Waals surface area contributed by atoms with Gasteiger partial charge in [0, 0.05) is 11.4 Å². The van der Waals surface area contributed by atoms with Gasteiger partial charge in [-0.3, -0.25) is 4.79 Å². The first-order chi connectivity index (χ1) is 13.5. The molecular weight excluding hydrogens is 393 g/mol. The first-order valence-corrected chi connectivity index (χ1v) is 8.55. The molecule has 0 aliphatic heterocycles. The molecular formula is C19H19F3N2O5. The number of amides is 1. The van der Waals surface area contributed by atoms with E-state index < -0.39 is 36.2 Å². The van der Waals surface area contributed by atoms with E-state index >= 15 is 0 Å². The highest BCUT2D eigenvalue weighted by atomic mass is 19.4. The number of aromatic amines is 1. The van der Waals surface area contributed by atoms with Crippen molar-refractivity contribution in [1.29, 1.82) is 0 Å². The average molecular weight is 412 g/mol. The van der Waals surface area contributed by atoms with E-state index in [1.54, 1.807) is 13.8 Å². The highest BCUT2D eigenvalue weighted by molar-refractivity contribution is 6.00. The van der Waals surface area contributed by atoms with E-state index in [-0.39, 0.29) is 23.6 Å². The van der Waals surface area contributed by atoms with E-state index in [4.69, 9.17) is 9.47 Å². The predicted octanol–water partition coefficient (Wildman–Crippen LogP) is 3.62. The Morgan fingerprint density at radius 3 is 2.21 bits per heavy atom. The molecule has 0 radical (unpaired) electrons. The molecule has 0 saturated heterocycles. The Labute approximate surface area is 164 Å². The third-order valence-corrected chi connectivity index (χ3v) is 3.95. The zero-order valence-corrected chi connectivity index (χ0v) is 15.9. The number of aromatic nitrogens is 1. The number of halogens is 3. The van der Waals surface area contributed by atoms with Gasteiger partial charge >= 0.3 is 18.1 Å². The summed E-state index contributed by atoms with van der Waals surface area (Å²) in [7, 11) is 0. The van der Waals surface area contributed by atoms with E-state index in [0.29, 0.717) is 11.3 Å². The number of anilines is 1. The molecule has 0 unspecified atom stereocenters. The fourth-order valence-corrected chi connectivity index (χ4v) is 2.61. The van der Waals surface area contributed by atoms with Crippen LogP contribution in [0.3, 0.4) is 0 Å². The second-order valence-electron chi connectivity index (χ2n) is 6.04. The van der Waals surface area contributed by atoms with Gasteiger partial charge in [-0.25, -0.2) is 9.59 Å². The van der Waals surface area contributed by atoms with Gasteiger partial charge in [0.1, 0.15) is 5.69 Å². The van der Waals surface area contributed by atoms with Crippen molar-refractivity contribution in [1.82, 2.24) is 4.98 Å². The maximum atomic E-state index is 12.5. The van der Waals surface area contributed by atoms with Crippen LogP contribution in [0.1, 0.15) is 44.6 Å². The number of rotatable bonds is 6. The fraction of sp³-hybridized carbons (Fsp3) is 0.316. The summed E-state index contributed by atoms with van der Waals surface area (Å²) in [5, 5.41) is 2.33. The molecule has 0 aliphatic rings. The summed E-state index contributed by atoms with van der Waals surface area (Å²) >= 11 is 0. The summed E-state index contributed by atoms with van der Waals surface area (Å²) in [6, 6.07) is 3.83. The molecule has 2 rings (SSSR count). The molecule has 0 saturated carbocycles. The minimum atomic E-state index is -4.48. The van der Waals surface area contributed by atoms with Gasteiger partial charge in [-0.2, -0.15) is 13.2 Å². The molecule has 0 atom stereocenters. The van der Waals surface area contributed by atoms with Crippen LogP contribution in [0.2, 0.25) is 0 Å². The summed E-state index contributed by atoms with van der Waals surface area (Å²) in [6.07, 6.45) is -4.48. The number of nitrogens with one attached hydrogen (secondary N) is 2. The van der Waals surface area contributed by atoms with Crippen LogP contribution < -0.4 is 5.32 Å². The number of carbonyl (C=O) groups excluding carboxylic acids is 3. The lowest BCUT2D eigenvalue weighted by Gasteiger charge is -2.09. The Kier molecular flexibility index (Phi) is 6.68. The average Bonchev–Trinajstić information content (AvgIpc) is 2.94. The van der Waals surface area contributed by atoms with Crippen LogP contribution in [0.25, 0.3) is 0 Å². The molecule has 0 bridgehead atoms. The van der Waals surface area contributed by atoms with Crippen LogP contribution in [0.15, 0.2) is 24.3 Å². The lowest BCUT2D eigenvalue weighted by atomic mass is 10.1. The molecule has 156 valence electrons. The largest absolute Gasteiger partial charge is 0.461 e. The third-order valence-electron chi connectivity index (χ3n) is 3.95. The van der Waals surface area contributed by atoms with Gasteiger partial charge < -0.3 is 19.8 Å². The van der Waals surface area contributed by atoms with Gasteiger partial charge in [0.2, 0.25) is 0 Å². The van der Waals surface area contributed by atoms with Crippen LogP contribution in [-0.4, -0.2) is 36.0 Å². The van der Waals surface area contributed by atoms with Crippen molar-refractivity contribution in [2.45, 2.75) is 26.9 Å². The van der Waals surface area contributed by atoms with Crippen molar-refractivity contribution >= 4 is 23.5 Å². The van der Waals surface area contributed by atoms with Gasteiger partial charge in [-0.15, -0.1) is 0 Å². The normalized spacial score (nSPS) is 11.1. The van der Waals surface area contributed by atoms with Gasteiger partial charge in [-0.05, 0) is 50.6 Å². The molecule has 10 heteroatoms. The Morgan fingerprint density at radius 2 is 1.66 bits per heavy atom. The Bertz CT molecular complexity index is 917. The number of H-pyrrole nitrogens is 1. The summed E-state index contributed by atoms with van der Waals surface area (Å²) < 4.78 is 47.5. The minimum absolute atomic E-state index is 0.107. The molecule has 0 spiro atoms. The molecule has 7 nitrogen and oxygen atoms in total. The minimum Gasteiger partial charge on any atom is -0.461 e. The van der Waals surface area contributed by atoms with Crippen LogP contribution in [-0.2, 0) is 20.4 Å². The summed E-state index contributed by atoms with van der Waals surface area (Å²) in [4.78, 5) is 38.8. The van der Waals surface area contributed by atoms with E-state index in [9.17, 15) is 27.6 Å². The molecule has 1 aromatic carbocycles. The second kappa shape index (κ2) is 8.80. The Morgan fingerprint density at radius 1 is 1.03 bits per heavy atom. The standard InChI is InChI=1S/C19H19F3N2O5/c1-4-28-18(27)16-10(2)15(11(3)23-16)17(26)29-9-14(25)24-13-7-5-12(6-8-13)19(20,21)22/h5-8,23H,4,9H2,1-3H3,(H,24,25). The first-order valence-electron chi connectivity index (χ1n) is 8.55. The summed E-state index contributed by atoms with van der Waals surface area (Å²) in [5.74, 6) is -2.17. The second-order valence-corrected chi connectivity index (χ2v) is 6.04. The maximum absolute atomic E-state index is 12.5. The van der Waals surface area contributed by atoms with Crippen LogP contribution in [0.4, 0.5) is 18.9 Å². The van der Waals surface area contributed by atoms with Crippen molar-refractivity contribution in [3.8, 4) is 0 Å². The smallest absolute Gasteiger partial charge is 0.416 e. The van der Waals surface area contributed by atoms with Gasteiger partial charge in [0.15, 0.2) is 6.61 Å². The van der Waals surface area contributed by atoms with Crippen molar-refractivity contribution in [3.05, 3.63) is 52.3 Å². The zero-order valence-electron chi connectivity index (χ0n) is 15.9. The number of esters is 2. The Hall–Kier alpha value is -3.30. The number of carbonyl (C=O) groups is 3. The van der Waals surface area contributed by atoms with Crippen molar-refractivity contribution in [3.63, 3.8) is 0 Å². The summed E-state index contributed by atoms with van der Waals surface area (Å²) in [6.45, 7) is 4.26. The molecule has 1 heterocycles. The summed E-state index contributed by atoms with van der Waals surface area (Å²) in [5.41, 5.74) is 0.198. The molecule has 2 aromatic rings. The zero-order chi connectivity index (χ0) is 21.8. The SMILES string of the molecule is CCOC(=O)c1[nH]c(C)c(C(=O)OCC(=O)Nc2ccc(C(F)(F)F)cc2)c1C. The Balaban J connectivity index is 1.99. The molecule has 0 aliphatic carbocycles. The lowest BCUT2D eigenvalue weighted by molar-refractivity contribution is -0.137. The van der Waals surface area contributed by atoms with Crippen LogP contribution >= 0.6 is 0 Å². The molecule has 2 N–H and O–H groups in total. The number of hydrogen-bond donors (Lipinski definition) is 2. The highest BCUT2D eigenvalue weighted by Crippen LogP contribution is 2.29. The van der Waals surface area contributed by atoms with Gasteiger partial charge in [-0.1, -0.05) is 0 Å². The molecule has 1 amide bonds. The van der Waals surface area contributed by atoms with Gasteiger partial charge in [0.05, 0.1) is 17.7 Å². The van der Waals surface area contributed by atoms with Crippen LogP contribution in [0.5, 0.6) is 0 Å². The number of alkyl halides is 3. The molecule has 29 heavy (non-hydrogen) atoms. The van der Waals surface area contributed by atoms with Crippen molar-refractivity contribution in [2.24, 2.45) is 0 Å². The van der Waals surface area contributed by atoms with Crippen molar-refractivity contribution in [2.75, 3.05) is 18.5 Å². The van der Waals surface area contributed by atoms with E-state index in [2.05, 4.69) is 10.3 Å². The predicted molar refractivity (Wildman–Crippen MR) is 96.6 cm³/mol. The molecule has 0 fully saturated rings. The maximum Gasteiger partial charge on any atom is 0.416 e. The van der Waals surface area contributed by atoms with E-state index in [0.717, 1.165) is 24.3 Å². The highest BCUT2D eigenvalue weighted by Gasteiger charge is 2.30. The fourth-order valence-electron chi connectivity index (χ4n) is 2.61. The monoisotopic (exact) mass is 412 g/mol. The topological polar surface area (TPSA) is 97.5 Å². The van der Waals surface area contributed by atoms with Gasteiger partial charge in [0.25, 0.3) is 5.91 Å². The number of hydrogen-bond acceptors (Lipinski definition) is 5.